The molecule has 3 aromatic rings. The van der Waals surface area contributed by atoms with Crippen LogP contribution in [-0.4, -0.2) is 67.5 Å². The van der Waals surface area contributed by atoms with Gasteiger partial charge in [0, 0.05) is 54.9 Å². The number of hydrogen-bond donors (Lipinski definition) is 0. The van der Waals surface area contributed by atoms with E-state index in [4.69, 9.17) is 9.47 Å². The summed E-state index contributed by atoms with van der Waals surface area (Å²) in [6, 6.07) is 16.3. The quantitative estimate of drug-likeness (QED) is 0.456. The Morgan fingerprint density at radius 1 is 0.806 bits per heavy atom. The molecule has 1 amide bonds. The first-order chi connectivity index (χ1) is 17.3. The van der Waals surface area contributed by atoms with Gasteiger partial charge in [-0.25, -0.2) is 8.42 Å². The van der Waals surface area contributed by atoms with Crippen LogP contribution in [0, 0.1) is 13.8 Å². The van der Waals surface area contributed by atoms with Gasteiger partial charge in [-0.15, -0.1) is 0 Å². The second kappa shape index (κ2) is 10.8. The maximum atomic E-state index is 13.3. The van der Waals surface area contributed by atoms with E-state index in [1.807, 2.05) is 52.0 Å². The molecule has 0 spiro atoms. The van der Waals surface area contributed by atoms with Gasteiger partial charge >= 0.3 is 0 Å². The number of piperazine rings is 1. The first-order valence-corrected chi connectivity index (χ1v) is 13.6. The largest absolute Gasteiger partial charge is 0.490 e. The summed E-state index contributed by atoms with van der Waals surface area (Å²) in [5, 5.41) is 0. The molecule has 0 saturated carbocycles. The highest BCUT2D eigenvalue weighted by molar-refractivity contribution is 7.89. The summed E-state index contributed by atoms with van der Waals surface area (Å²) in [5.41, 5.74) is 3.85. The van der Waals surface area contributed by atoms with Crippen LogP contribution in [0.1, 0.15) is 35.6 Å². The van der Waals surface area contributed by atoms with Crippen LogP contribution in [0.2, 0.25) is 0 Å². The Morgan fingerprint density at radius 2 is 1.39 bits per heavy atom. The highest BCUT2D eigenvalue weighted by Gasteiger charge is 2.31. The summed E-state index contributed by atoms with van der Waals surface area (Å²) in [5.74, 6) is 0.823. The van der Waals surface area contributed by atoms with Crippen molar-refractivity contribution in [3.8, 4) is 17.2 Å². The molecule has 0 aliphatic carbocycles. The number of carbonyl (C=O) groups is 1. The van der Waals surface area contributed by atoms with Crippen molar-refractivity contribution in [2.45, 2.75) is 32.6 Å². The van der Waals surface area contributed by atoms with E-state index < -0.39 is 10.0 Å². The van der Waals surface area contributed by atoms with Gasteiger partial charge in [-0.2, -0.15) is 4.31 Å². The third-order valence-electron chi connectivity index (χ3n) is 6.32. The molecule has 36 heavy (non-hydrogen) atoms. The van der Waals surface area contributed by atoms with Gasteiger partial charge in [-0.3, -0.25) is 4.79 Å². The zero-order chi connectivity index (χ0) is 25.9. The van der Waals surface area contributed by atoms with Gasteiger partial charge in [0.2, 0.25) is 10.0 Å². The van der Waals surface area contributed by atoms with Crippen LogP contribution in [0.3, 0.4) is 0 Å². The fraction of sp³-hybridized carbons (Fsp3) is 0.370. The SMILES string of the molecule is CCOc1ccc(S(=O)(=O)N2CCN(C(=O)c3ccc(-n4c(C)ccc4C)cc3)CC2)cc1OCC. The Bertz CT molecular complexity index is 1300. The molecular formula is C27H33N3O5S. The second-order valence-corrected chi connectivity index (χ2v) is 10.6. The second-order valence-electron chi connectivity index (χ2n) is 8.67. The van der Waals surface area contributed by atoms with Gasteiger partial charge in [0.1, 0.15) is 0 Å². The molecule has 2 heterocycles. The van der Waals surface area contributed by atoms with Crippen molar-refractivity contribution in [3.05, 3.63) is 71.5 Å². The zero-order valence-electron chi connectivity index (χ0n) is 21.2. The van der Waals surface area contributed by atoms with E-state index in [1.54, 1.807) is 11.0 Å². The average molecular weight is 512 g/mol. The van der Waals surface area contributed by atoms with Crippen LogP contribution in [0.5, 0.6) is 11.5 Å². The van der Waals surface area contributed by atoms with Gasteiger partial charge in [0.15, 0.2) is 11.5 Å². The van der Waals surface area contributed by atoms with E-state index in [0.717, 1.165) is 17.1 Å². The van der Waals surface area contributed by atoms with Gasteiger partial charge in [-0.05, 0) is 76.2 Å². The Morgan fingerprint density at radius 3 is 1.97 bits per heavy atom. The van der Waals surface area contributed by atoms with Crippen molar-refractivity contribution < 1.29 is 22.7 Å². The smallest absolute Gasteiger partial charge is 0.253 e. The number of nitrogens with zero attached hydrogens (tertiary/aromatic N) is 3. The number of benzene rings is 2. The molecule has 0 unspecified atom stereocenters. The first-order valence-electron chi connectivity index (χ1n) is 12.2. The van der Waals surface area contributed by atoms with Gasteiger partial charge in [0.05, 0.1) is 18.1 Å². The maximum Gasteiger partial charge on any atom is 0.253 e. The van der Waals surface area contributed by atoms with E-state index >= 15 is 0 Å². The topological polar surface area (TPSA) is 81.1 Å². The van der Waals surface area contributed by atoms with E-state index in [0.29, 0.717) is 43.4 Å². The Balaban J connectivity index is 1.43. The summed E-state index contributed by atoms with van der Waals surface area (Å²) in [6.07, 6.45) is 0. The molecule has 1 aliphatic rings. The number of aromatic nitrogens is 1. The van der Waals surface area contributed by atoms with Crippen molar-refractivity contribution in [2.75, 3.05) is 39.4 Å². The third-order valence-corrected chi connectivity index (χ3v) is 8.22. The maximum absolute atomic E-state index is 13.3. The number of rotatable bonds is 8. The standard InChI is InChI=1S/C27H33N3O5S/c1-5-34-25-14-13-24(19-26(25)35-6-2)36(32,33)29-17-15-28(16-18-29)27(31)22-9-11-23(12-10-22)30-20(3)7-8-21(30)4/h7-14,19H,5-6,15-18H2,1-4H3. The number of sulfonamides is 1. The molecular weight excluding hydrogens is 478 g/mol. The zero-order valence-corrected chi connectivity index (χ0v) is 22.0. The molecule has 1 fully saturated rings. The monoisotopic (exact) mass is 511 g/mol. The molecule has 8 nitrogen and oxygen atoms in total. The number of hydrogen-bond acceptors (Lipinski definition) is 5. The van der Waals surface area contributed by atoms with Gasteiger partial charge in [0.25, 0.3) is 5.91 Å². The molecule has 0 N–H and O–H groups in total. The predicted octanol–water partition coefficient (Wildman–Crippen LogP) is 4.04. The van der Waals surface area contributed by atoms with Crippen LogP contribution < -0.4 is 9.47 Å². The summed E-state index contributed by atoms with van der Waals surface area (Å²) < 4.78 is 41.3. The highest BCUT2D eigenvalue weighted by atomic mass is 32.2. The Labute approximate surface area is 213 Å². The normalized spacial score (nSPS) is 14.6. The molecule has 0 bridgehead atoms. The third kappa shape index (κ3) is 5.12. The van der Waals surface area contributed by atoms with Crippen molar-refractivity contribution in [1.29, 1.82) is 0 Å². The molecule has 0 atom stereocenters. The molecule has 192 valence electrons. The lowest BCUT2D eigenvalue weighted by molar-refractivity contribution is 0.0698. The van der Waals surface area contributed by atoms with Gasteiger partial charge < -0.3 is 18.9 Å². The van der Waals surface area contributed by atoms with E-state index in [1.165, 1.54) is 16.4 Å². The molecule has 0 radical (unpaired) electrons. The lowest BCUT2D eigenvalue weighted by atomic mass is 10.1. The predicted molar refractivity (Wildman–Crippen MR) is 139 cm³/mol. The van der Waals surface area contributed by atoms with Crippen LogP contribution in [0.15, 0.2) is 59.5 Å². The molecule has 4 rings (SSSR count). The fourth-order valence-electron chi connectivity index (χ4n) is 4.48. The summed E-state index contributed by atoms with van der Waals surface area (Å²) >= 11 is 0. The molecule has 9 heteroatoms. The first kappa shape index (κ1) is 25.8. The molecule has 2 aromatic carbocycles. The van der Waals surface area contributed by atoms with Crippen molar-refractivity contribution in [1.82, 2.24) is 13.8 Å². The highest BCUT2D eigenvalue weighted by Crippen LogP contribution is 2.31. The van der Waals surface area contributed by atoms with Crippen molar-refractivity contribution in [3.63, 3.8) is 0 Å². The molecule has 1 aromatic heterocycles. The van der Waals surface area contributed by atoms with Crippen molar-refractivity contribution in [2.24, 2.45) is 0 Å². The van der Waals surface area contributed by atoms with E-state index in [-0.39, 0.29) is 23.9 Å². The molecule has 1 aliphatic heterocycles. The molecule has 1 saturated heterocycles. The minimum atomic E-state index is -3.73. The van der Waals surface area contributed by atoms with Crippen LogP contribution in [0.25, 0.3) is 5.69 Å². The lowest BCUT2D eigenvalue weighted by Gasteiger charge is -2.34. The number of amides is 1. The Hall–Kier alpha value is -3.30. The minimum absolute atomic E-state index is 0.0979. The summed E-state index contributed by atoms with van der Waals surface area (Å²) in [4.78, 5) is 15.0. The van der Waals surface area contributed by atoms with Crippen LogP contribution in [0.4, 0.5) is 0 Å². The lowest BCUT2D eigenvalue weighted by Crippen LogP contribution is -2.50. The average Bonchev–Trinajstić information content (AvgIpc) is 3.22. The number of carbonyl (C=O) groups excluding carboxylic acids is 1. The summed E-state index contributed by atoms with van der Waals surface area (Å²) in [6.45, 7) is 9.75. The van der Waals surface area contributed by atoms with Crippen LogP contribution in [-0.2, 0) is 10.0 Å². The minimum Gasteiger partial charge on any atom is -0.490 e. The van der Waals surface area contributed by atoms with Crippen molar-refractivity contribution >= 4 is 15.9 Å². The van der Waals surface area contributed by atoms with E-state index in [9.17, 15) is 13.2 Å². The fourth-order valence-corrected chi connectivity index (χ4v) is 5.92. The van der Waals surface area contributed by atoms with Gasteiger partial charge in [-0.1, -0.05) is 0 Å². The number of aryl methyl sites for hydroxylation is 2. The summed E-state index contributed by atoms with van der Waals surface area (Å²) in [7, 11) is -3.73. The number of ether oxygens (including phenoxy) is 2. The van der Waals surface area contributed by atoms with E-state index in [2.05, 4.69) is 16.7 Å². The van der Waals surface area contributed by atoms with Crippen LogP contribution >= 0.6 is 0 Å². The Kier molecular flexibility index (Phi) is 7.70.